The third-order valence-corrected chi connectivity index (χ3v) is 2.82. The summed E-state index contributed by atoms with van der Waals surface area (Å²) in [7, 11) is 0. The van der Waals surface area contributed by atoms with Crippen molar-refractivity contribution < 1.29 is 5.11 Å². The number of aliphatic hydroxyl groups is 1. The van der Waals surface area contributed by atoms with Gasteiger partial charge in [0, 0.05) is 0 Å². The van der Waals surface area contributed by atoms with Gasteiger partial charge in [-0.05, 0) is 43.4 Å². The molecular formula is C11H22O. The molecule has 1 aliphatic carbocycles. The topological polar surface area (TPSA) is 20.2 Å². The van der Waals surface area contributed by atoms with E-state index in [1.807, 2.05) is 0 Å². The van der Waals surface area contributed by atoms with Crippen LogP contribution in [0, 0.1) is 17.8 Å². The first-order valence-corrected chi connectivity index (χ1v) is 5.26. The summed E-state index contributed by atoms with van der Waals surface area (Å²) in [6, 6.07) is 0. The fourth-order valence-electron chi connectivity index (χ4n) is 2.57. The molecule has 72 valence electrons. The summed E-state index contributed by atoms with van der Waals surface area (Å²) < 4.78 is 0. The second-order valence-corrected chi connectivity index (χ2v) is 4.96. The lowest BCUT2D eigenvalue weighted by atomic mass is 9.77. The van der Waals surface area contributed by atoms with Gasteiger partial charge in [-0.1, -0.05) is 20.8 Å². The predicted molar refractivity (Wildman–Crippen MR) is 52.0 cm³/mol. The summed E-state index contributed by atoms with van der Waals surface area (Å²) in [5.41, 5.74) is 0. The average Bonchev–Trinajstić information content (AvgIpc) is 1.81. The Morgan fingerprint density at radius 2 is 1.92 bits per heavy atom. The van der Waals surface area contributed by atoms with Gasteiger partial charge in [0.1, 0.15) is 0 Å². The molecule has 3 atom stereocenters. The highest BCUT2D eigenvalue weighted by Crippen LogP contribution is 2.32. The standard InChI is InChI=1S/C11H22O/c1-8(2)4-10-5-9(3)6-11(12)7-10/h8-12H,4-7H2,1-3H3/t9-,10+,11-/m0/s1. The molecule has 1 N–H and O–H groups in total. The van der Waals surface area contributed by atoms with Crippen LogP contribution in [0.2, 0.25) is 0 Å². The first-order valence-electron chi connectivity index (χ1n) is 5.26. The molecule has 0 amide bonds. The van der Waals surface area contributed by atoms with E-state index in [-0.39, 0.29) is 6.10 Å². The van der Waals surface area contributed by atoms with Crippen molar-refractivity contribution in [1.29, 1.82) is 0 Å². The highest BCUT2D eigenvalue weighted by Gasteiger charge is 2.25. The highest BCUT2D eigenvalue weighted by atomic mass is 16.3. The minimum absolute atomic E-state index is 0.0162. The first kappa shape index (κ1) is 10.0. The van der Waals surface area contributed by atoms with E-state index in [1.165, 1.54) is 12.8 Å². The van der Waals surface area contributed by atoms with Crippen LogP contribution in [0.5, 0.6) is 0 Å². The lowest BCUT2D eigenvalue weighted by Crippen LogP contribution is -2.25. The van der Waals surface area contributed by atoms with Crippen LogP contribution in [0.15, 0.2) is 0 Å². The molecule has 1 heteroatoms. The van der Waals surface area contributed by atoms with Crippen LogP contribution in [0.3, 0.4) is 0 Å². The molecular weight excluding hydrogens is 148 g/mol. The van der Waals surface area contributed by atoms with Gasteiger partial charge >= 0.3 is 0 Å². The van der Waals surface area contributed by atoms with Crippen LogP contribution in [0.4, 0.5) is 0 Å². The van der Waals surface area contributed by atoms with Crippen LogP contribution in [-0.4, -0.2) is 11.2 Å². The molecule has 12 heavy (non-hydrogen) atoms. The van der Waals surface area contributed by atoms with Gasteiger partial charge < -0.3 is 5.11 Å². The Labute approximate surface area is 76.2 Å². The van der Waals surface area contributed by atoms with Crippen LogP contribution < -0.4 is 0 Å². The largest absolute Gasteiger partial charge is 0.393 e. The molecule has 0 radical (unpaired) electrons. The lowest BCUT2D eigenvalue weighted by Gasteiger charge is -2.31. The van der Waals surface area contributed by atoms with E-state index in [4.69, 9.17) is 0 Å². The van der Waals surface area contributed by atoms with Crippen molar-refractivity contribution in [2.45, 2.75) is 52.6 Å². The molecule has 0 bridgehead atoms. The van der Waals surface area contributed by atoms with E-state index in [9.17, 15) is 5.11 Å². The summed E-state index contributed by atoms with van der Waals surface area (Å²) >= 11 is 0. The van der Waals surface area contributed by atoms with Gasteiger partial charge in [-0.25, -0.2) is 0 Å². The number of hydrogen-bond donors (Lipinski definition) is 1. The van der Waals surface area contributed by atoms with Crippen molar-refractivity contribution in [3.05, 3.63) is 0 Å². The van der Waals surface area contributed by atoms with Gasteiger partial charge in [0.05, 0.1) is 6.10 Å². The molecule has 0 spiro atoms. The Kier molecular flexibility index (Phi) is 3.57. The van der Waals surface area contributed by atoms with Crippen molar-refractivity contribution in [3.8, 4) is 0 Å². The van der Waals surface area contributed by atoms with Crippen molar-refractivity contribution >= 4 is 0 Å². The second kappa shape index (κ2) is 4.27. The zero-order valence-electron chi connectivity index (χ0n) is 8.59. The van der Waals surface area contributed by atoms with E-state index in [0.717, 1.165) is 30.6 Å². The SMILES string of the molecule is CC(C)C[C@@H]1C[C@H](C)C[C@H](O)C1. The number of aliphatic hydroxyl groups excluding tert-OH is 1. The molecule has 0 unspecified atom stereocenters. The van der Waals surface area contributed by atoms with E-state index in [2.05, 4.69) is 20.8 Å². The predicted octanol–water partition coefficient (Wildman–Crippen LogP) is 2.83. The molecule has 0 aromatic heterocycles. The molecule has 0 heterocycles. The Hall–Kier alpha value is -0.0400. The third-order valence-electron chi connectivity index (χ3n) is 2.82. The molecule has 1 aliphatic rings. The number of rotatable bonds is 2. The molecule has 0 aliphatic heterocycles. The van der Waals surface area contributed by atoms with Gasteiger partial charge in [0.15, 0.2) is 0 Å². The smallest absolute Gasteiger partial charge is 0.0545 e. The summed E-state index contributed by atoms with van der Waals surface area (Å²) in [6.45, 7) is 6.80. The van der Waals surface area contributed by atoms with Gasteiger partial charge in [0.2, 0.25) is 0 Å². The summed E-state index contributed by atoms with van der Waals surface area (Å²) in [6.07, 6.45) is 4.67. The molecule has 1 fully saturated rings. The van der Waals surface area contributed by atoms with Crippen LogP contribution in [0.25, 0.3) is 0 Å². The maximum atomic E-state index is 9.56. The fraction of sp³-hybridized carbons (Fsp3) is 1.00. The van der Waals surface area contributed by atoms with Gasteiger partial charge in [-0.2, -0.15) is 0 Å². The highest BCUT2D eigenvalue weighted by molar-refractivity contribution is 4.76. The van der Waals surface area contributed by atoms with Crippen LogP contribution in [-0.2, 0) is 0 Å². The normalized spacial score (nSPS) is 37.2. The molecule has 0 aromatic carbocycles. The Balaban J connectivity index is 2.34. The van der Waals surface area contributed by atoms with Crippen molar-refractivity contribution in [3.63, 3.8) is 0 Å². The van der Waals surface area contributed by atoms with Gasteiger partial charge in [0.25, 0.3) is 0 Å². The molecule has 0 aromatic rings. The molecule has 1 saturated carbocycles. The summed E-state index contributed by atoms with van der Waals surface area (Å²) in [5.74, 6) is 2.30. The zero-order chi connectivity index (χ0) is 9.14. The quantitative estimate of drug-likeness (QED) is 0.675. The maximum Gasteiger partial charge on any atom is 0.0545 e. The number of hydrogen-bond acceptors (Lipinski definition) is 1. The van der Waals surface area contributed by atoms with Crippen molar-refractivity contribution in [2.24, 2.45) is 17.8 Å². The van der Waals surface area contributed by atoms with Crippen molar-refractivity contribution in [1.82, 2.24) is 0 Å². The average molecular weight is 170 g/mol. The molecule has 1 rings (SSSR count). The van der Waals surface area contributed by atoms with Crippen LogP contribution >= 0.6 is 0 Å². The van der Waals surface area contributed by atoms with Crippen LogP contribution in [0.1, 0.15) is 46.5 Å². The first-order chi connectivity index (χ1) is 5.58. The Morgan fingerprint density at radius 3 is 2.42 bits per heavy atom. The van der Waals surface area contributed by atoms with Gasteiger partial charge in [-0.3, -0.25) is 0 Å². The molecule has 1 nitrogen and oxygen atoms in total. The summed E-state index contributed by atoms with van der Waals surface area (Å²) in [4.78, 5) is 0. The third kappa shape index (κ3) is 3.14. The summed E-state index contributed by atoms with van der Waals surface area (Å²) in [5, 5.41) is 9.56. The van der Waals surface area contributed by atoms with E-state index < -0.39 is 0 Å². The molecule has 0 saturated heterocycles. The minimum atomic E-state index is -0.0162. The van der Waals surface area contributed by atoms with E-state index in [0.29, 0.717) is 0 Å². The van der Waals surface area contributed by atoms with E-state index >= 15 is 0 Å². The Bertz CT molecular complexity index is 118. The van der Waals surface area contributed by atoms with Gasteiger partial charge in [-0.15, -0.1) is 0 Å². The second-order valence-electron chi connectivity index (χ2n) is 4.96. The fourth-order valence-corrected chi connectivity index (χ4v) is 2.57. The minimum Gasteiger partial charge on any atom is -0.393 e. The zero-order valence-corrected chi connectivity index (χ0v) is 8.59. The Morgan fingerprint density at radius 1 is 1.25 bits per heavy atom. The lowest BCUT2D eigenvalue weighted by molar-refractivity contribution is 0.0683. The monoisotopic (exact) mass is 170 g/mol. The van der Waals surface area contributed by atoms with Crippen molar-refractivity contribution in [2.75, 3.05) is 0 Å². The maximum absolute atomic E-state index is 9.56. The van der Waals surface area contributed by atoms with E-state index in [1.54, 1.807) is 0 Å².